The minimum Gasteiger partial charge on any atom is -0.311 e. The van der Waals surface area contributed by atoms with Crippen LogP contribution in [0.3, 0.4) is 0 Å². The second-order valence-electron chi connectivity index (χ2n) is 6.55. The van der Waals surface area contributed by atoms with Gasteiger partial charge in [-0.05, 0) is 32.6 Å². The van der Waals surface area contributed by atoms with Crippen LogP contribution in [0.5, 0.6) is 0 Å². The van der Waals surface area contributed by atoms with Crippen molar-refractivity contribution in [3.05, 3.63) is 16.1 Å². The number of aryl methyl sites for hydroxylation is 1. The number of nitrogens with one attached hydrogen (secondary N) is 1. The van der Waals surface area contributed by atoms with Crippen LogP contribution in [-0.4, -0.2) is 35.1 Å². The molecule has 1 saturated heterocycles. The zero-order chi connectivity index (χ0) is 13.9. The molecule has 1 aromatic rings. The van der Waals surface area contributed by atoms with Crippen LogP contribution in [0.1, 0.15) is 49.7 Å². The summed E-state index contributed by atoms with van der Waals surface area (Å²) in [6, 6.07) is 1.32. The molecule has 1 aliphatic carbocycles. The lowest BCUT2D eigenvalue weighted by molar-refractivity contribution is 0.0971. The highest BCUT2D eigenvalue weighted by Gasteiger charge is 2.31. The van der Waals surface area contributed by atoms with Gasteiger partial charge >= 0.3 is 0 Å². The number of nitrogens with zero attached hydrogens (tertiary/aromatic N) is 2. The Morgan fingerprint density at radius 3 is 2.85 bits per heavy atom. The lowest BCUT2D eigenvalue weighted by atomic mass is 9.82. The molecule has 0 radical (unpaired) electrons. The first-order valence-electron chi connectivity index (χ1n) is 8.11. The number of aromatic nitrogens is 1. The third-order valence-electron chi connectivity index (χ3n) is 4.98. The monoisotopic (exact) mass is 293 g/mol. The summed E-state index contributed by atoms with van der Waals surface area (Å²) < 4.78 is 0. The molecule has 2 aliphatic rings. The number of thiazole rings is 1. The van der Waals surface area contributed by atoms with E-state index in [9.17, 15) is 0 Å². The molecule has 0 amide bonds. The van der Waals surface area contributed by atoms with E-state index in [1.54, 1.807) is 11.3 Å². The molecular weight excluding hydrogens is 266 g/mol. The van der Waals surface area contributed by atoms with Crippen molar-refractivity contribution in [1.82, 2.24) is 15.2 Å². The molecule has 2 atom stereocenters. The van der Waals surface area contributed by atoms with Crippen molar-refractivity contribution in [2.75, 3.05) is 13.1 Å². The van der Waals surface area contributed by atoms with Gasteiger partial charge in [-0.3, -0.25) is 4.90 Å². The van der Waals surface area contributed by atoms with Gasteiger partial charge in [0.25, 0.3) is 0 Å². The number of rotatable bonds is 3. The smallest absolute Gasteiger partial charge is 0.0897 e. The van der Waals surface area contributed by atoms with E-state index in [2.05, 4.69) is 34.4 Å². The summed E-state index contributed by atoms with van der Waals surface area (Å²) in [5, 5.41) is 7.21. The van der Waals surface area contributed by atoms with Crippen molar-refractivity contribution in [3.8, 4) is 0 Å². The van der Waals surface area contributed by atoms with Crippen LogP contribution in [-0.2, 0) is 6.54 Å². The van der Waals surface area contributed by atoms with Crippen molar-refractivity contribution in [2.45, 2.75) is 64.6 Å². The molecule has 0 bridgehead atoms. The van der Waals surface area contributed by atoms with E-state index in [4.69, 9.17) is 0 Å². The largest absolute Gasteiger partial charge is 0.311 e. The Hall–Kier alpha value is -0.450. The fourth-order valence-corrected chi connectivity index (χ4v) is 4.31. The average molecular weight is 293 g/mol. The van der Waals surface area contributed by atoms with Crippen LogP contribution >= 0.6 is 11.3 Å². The zero-order valence-electron chi connectivity index (χ0n) is 12.8. The quantitative estimate of drug-likeness (QED) is 0.927. The molecule has 2 heterocycles. The van der Waals surface area contributed by atoms with Gasteiger partial charge in [0.05, 0.1) is 10.7 Å². The summed E-state index contributed by atoms with van der Waals surface area (Å²) in [6.07, 6.45) is 7.17. The molecule has 3 rings (SSSR count). The highest BCUT2D eigenvalue weighted by Crippen LogP contribution is 2.28. The van der Waals surface area contributed by atoms with E-state index < -0.39 is 0 Å². The van der Waals surface area contributed by atoms with E-state index in [0.29, 0.717) is 12.1 Å². The molecule has 0 aromatic carbocycles. The summed E-state index contributed by atoms with van der Waals surface area (Å²) in [6.45, 7) is 7.78. The fourth-order valence-electron chi connectivity index (χ4n) is 3.71. The highest BCUT2D eigenvalue weighted by atomic mass is 32.1. The van der Waals surface area contributed by atoms with Crippen molar-refractivity contribution in [3.63, 3.8) is 0 Å². The Balaban J connectivity index is 1.60. The predicted molar refractivity (Wildman–Crippen MR) is 85.1 cm³/mol. The maximum absolute atomic E-state index is 4.63. The van der Waals surface area contributed by atoms with Gasteiger partial charge in [0.2, 0.25) is 0 Å². The number of hydrogen-bond acceptors (Lipinski definition) is 4. The number of piperazine rings is 1. The lowest BCUT2D eigenvalue weighted by Crippen LogP contribution is -2.57. The van der Waals surface area contributed by atoms with Crippen LogP contribution in [0.25, 0.3) is 0 Å². The Kier molecular flexibility index (Phi) is 4.74. The molecule has 3 nitrogen and oxygen atoms in total. The van der Waals surface area contributed by atoms with Gasteiger partial charge in [0.1, 0.15) is 0 Å². The van der Waals surface area contributed by atoms with Gasteiger partial charge in [0, 0.05) is 37.1 Å². The minimum absolute atomic E-state index is 0.622. The number of hydrogen-bond donors (Lipinski definition) is 1. The maximum atomic E-state index is 4.63. The average Bonchev–Trinajstić information content (AvgIpc) is 2.88. The van der Waals surface area contributed by atoms with Crippen LogP contribution in [0.4, 0.5) is 0 Å². The third kappa shape index (κ3) is 3.41. The molecule has 1 saturated carbocycles. The first-order valence-corrected chi connectivity index (χ1v) is 8.99. The summed E-state index contributed by atoms with van der Waals surface area (Å²) in [5.74, 6) is 0.899. The van der Waals surface area contributed by atoms with Crippen LogP contribution in [0, 0.1) is 12.8 Å². The first kappa shape index (κ1) is 14.5. The van der Waals surface area contributed by atoms with Gasteiger partial charge < -0.3 is 5.32 Å². The summed E-state index contributed by atoms with van der Waals surface area (Å²) in [4.78, 5) is 7.26. The first-order chi connectivity index (χ1) is 9.72. The molecule has 4 heteroatoms. The Bertz CT molecular complexity index is 425. The second-order valence-corrected chi connectivity index (χ2v) is 7.61. The van der Waals surface area contributed by atoms with Crippen molar-refractivity contribution in [2.24, 2.45) is 5.92 Å². The molecule has 1 aliphatic heterocycles. The van der Waals surface area contributed by atoms with Crippen LogP contribution in [0.2, 0.25) is 0 Å². The van der Waals surface area contributed by atoms with Crippen molar-refractivity contribution in [1.29, 1.82) is 0 Å². The zero-order valence-corrected chi connectivity index (χ0v) is 13.6. The van der Waals surface area contributed by atoms with E-state index in [1.807, 2.05) is 0 Å². The van der Waals surface area contributed by atoms with Crippen LogP contribution in [0.15, 0.2) is 5.38 Å². The summed E-state index contributed by atoms with van der Waals surface area (Å²) in [7, 11) is 0. The molecule has 2 unspecified atom stereocenters. The molecule has 1 N–H and O–H groups in total. The SMILES string of the molecule is Cc1nc(CN2CC(C3CCCCC3)NCC2C)cs1. The standard InChI is InChI=1S/C16H27N3S/c1-12-8-17-16(14-6-4-3-5-7-14)10-19(12)9-15-11-20-13(2)18-15/h11-12,14,16-17H,3-10H2,1-2H3. The fraction of sp³-hybridized carbons (Fsp3) is 0.812. The van der Waals surface area contributed by atoms with Crippen molar-refractivity contribution >= 4 is 11.3 Å². The van der Waals surface area contributed by atoms with Crippen molar-refractivity contribution < 1.29 is 0 Å². The topological polar surface area (TPSA) is 28.2 Å². The Morgan fingerprint density at radius 2 is 2.15 bits per heavy atom. The third-order valence-corrected chi connectivity index (χ3v) is 5.80. The molecule has 0 spiro atoms. The van der Waals surface area contributed by atoms with E-state index >= 15 is 0 Å². The normalized spacial score (nSPS) is 29.7. The molecule has 112 valence electrons. The molecule has 1 aromatic heterocycles. The second kappa shape index (κ2) is 6.54. The highest BCUT2D eigenvalue weighted by molar-refractivity contribution is 7.09. The summed E-state index contributed by atoms with van der Waals surface area (Å²) >= 11 is 1.77. The predicted octanol–water partition coefficient (Wildman–Crippen LogP) is 3.19. The van der Waals surface area contributed by atoms with E-state index in [1.165, 1.54) is 49.4 Å². The van der Waals surface area contributed by atoms with Crippen LogP contribution < -0.4 is 5.32 Å². The van der Waals surface area contributed by atoms with E-state index in [0.717, 1.165) is 19.0 Å². The molecule has 20 heavy (non-hydrogen) atoms. The van der Waals surface area contributed by atoms with E-state index in [-0.39, 0.29) is 0 Å². The molecule has 2 fully saturated rings. The Labute approximate surface area is 126 Å². The summed E-state index contributed by atoms with van der Waals surface area (Å²) in [5.41, 5.74) is 1.25. The lowest BCUT2D eigenvalue weighted by Gasteiger charge is -2.42. The van der Waals surface area contributed by atoms with Gasteiger partial charge in [-0.1, -0.05) is 19.3 Å². The van der Waals surface area contributed by atoms with Gasteiger partial charge in [-0.25, -0.2) is 4.98 Å². The van der Waals surface area contributed by atoms with Gasteiger partial charge in [-0.2, -0.15) is 0 Å². The Morgan fingerprint density at radius 1 is 1.35 bits per heavy atom. The maximum Gasteiger partial charge on any atom is 0.0897 e. The minimum atomic E-state index is 0.622. The molecular formula is C16H27N3S. The van der Waals surface area contributed by atoms with Gasteiger partial charge in [-0.15, -0.1) is 11.3 Å². The van der Waals surface area contributed by atoms with Gasteiger partial charge in [0.15, 0.2) is 0 Å².